The van der Waals surface area contributed by atoms with Crippen molar-refractivity contribution in [3.05, 3.63) is 40.2 Å². The van der Waals surface area contributed by atoms with Gasteiger partial charge in [-0.25, -0.2) is 4.98 Å². The summed E-state index contributed by atoms with van der Waals surface area (Å²) in [4.78, 5) is 28.5. The summed E-state index contributed by atoms with van der Waals surface area (Å²) >= 11 is 1.38. The molecule has 1 amide bonds. The fourth-order valence-corrected chi connectivity index (χ4v) is 2.50. The molecule has 1 N–H and O–H groups in total. The topological polar surface area (TPSA) is 68.3 Å². The Bertz CT molecular complexity index is 638. The van der Waals surface area contributed by atoms with Gasteiger partial charge < -0.3 is 10.1 Å². The minimum absolute atomic E-state index is 0.0190. The van der Waals surface area contributed by atoms with Gasteiger partial charge in [0.05, 0.1) is 12.0 Å². The average Bonchev–Trinajstić information content (AvgIpc) is 2.99. The number of hydrogen-bond acceptors (Lipinski definition) is 5. The van der Waals surface area contributed by atoms with Crippen LogP contribution >= 0.6 is 11.3 Å². The van der Waals surface area contributed by atoms with Crippen molar-refractivity contribution < 1.29 is 14.3 Å². The molecule has 2 heterocycles. The molecule has 0 atom stereocenters. The molecule has 0 spiro atoms. The SMILES string of the molecule is COc1ncc(C)cc1NC(=O)CCC(=O)c1cccs1. The number of nitrogens with one attached hydrogen (secondary N) is 1. The van der Waals surface area contributed by atoms with Gasteiger partial charge in [0, 0.05) is 19.0 Å². The Morgan fingerprint density at radius 3 is 2.86 bits per heavy atom. The van der Waals surface area contributed by atoms with Crippen LogP contribution in [0.25, 0.3) is 0 Å². The van der Waals surface area contributed by atoms with E-state index in [-0.39, 0.29) is 24.5 Å². The highest BCUT2D eigenvalue weighted by Crippen LogP contribution is 2.22. The Balaban J connectivity index is 1.93. The fourth-order valence-electron chi connectivity index (χ4n) is 1.81. The van der Waals surface area contributed by atoms with Gasteiger partial charge in [-0.15, -0.1) is 11.3 Å². The molecule has 0 fully saturated rings. The average molecular weight is 304 g/mol. The first kappa shape index (κ1) is 15.2. The number of aromatic nitrogens is 1. The third kappa shape index (κ3) is 4.13. The highest BCUT2D eigenvalue weighted by molar-refractivity contribution is 7.12. The first-order chi connectivity index (χ1) is 10.1. The van der Waals surface area contributed by atoms with Crippen molar-refractivity contribution in [2.75, 3.05) is 12.4 Å². The summed E-state index contributed by atoms with van der Waals surface area (Å²) in [5.41, 5.74) is 1.44. The van der Waals surface area contributed by atoms with E-state index in [1.807, 2.05) is 18.4 Å². The first-order valence-electron chi connectivity index (χ1n) is 6.47. The number of pyridine rings is 1. The Morgan fingerprint density at radius 1 is 1.38 bits per heavy atom. The molecule has 0 aromatic carbocycles. The van der Waals surface area contributed by atoms with Crippen LogP contribution in [0.2, 0.25) is 0 Å². The van der Waals surface area contributed by atoms with Crippen LogP contribution in [0.5, 0.6) is 5.88 Å². The van der Waals surface area contributed by atoms with Crippen molar-refractivity contribution in [1.29, 1.82) is 0 Å². The summed E-state index contributed by atoms with van der Waals surface area (Å²) in [5, 5.41) is 4.57. The molecule has 2 aromatic rings. The van der Waals surface area contributed by atoms with E-state index in [0.717, 1.165) is 5.56 Å². The maximum atomic E-state index is 11.9. The van der Waals surface area contributed by atoms with Crippen LogP contribution < -0.4 is 10.1 Å². The number of amides is 1. The number of carbonyl (C=O) groups is 2. The molecule has 0 saturated carbocycles. The van der Waals surface area contributed by atoms with Crippen LogP contribution in [0.1, 0.15) is 28.1 Å². The quantitative estimate of drug-likeness (QED) is 0.833. The lowest BCUT2D eigenvalue weighted by molar-refractivity contribution is -0.116. The number of Topliss-reactive ketones (excluding diaryl/α,β-unsaturated/α-hetero) is 1. The number of aryl methyl sites for hydroxylation is 1. The Kier molecular flexibility index (Phi) is 5.05. The number of ketones is 1. The van der Waals surface area contributed by atoms with E-state index in [2.05, 4.69) is 10.3 Å². The lowest BCUT2D eigenvalue weighted by atomic mass is 10.2. The van der Waals surface area contributed by atoms with Crippen LogP contribution in [-0.2, 0) is 4.79 Å². The van der Waals surface area contributed by atoms with E-state index in [9.17, 15) is 9.59 Å². The number of nitrogens with zero attached hydrogens (tertiary/aromatic N) is 1. The number of carbonyl (C=O) groups excluding carboxylic acids is 2. The van der Waals surface area contributed by atoms with Crippen molar-refractivity contribution in [3.8, 4) is 5.88 Å². The van der Waals surface area contributed by atoms with E-state index in [4.69, 9.17) is 4.74 Å². The minimum Gasteiger partial charge on any atom is -0.480 e. The highest BCUT2D eigenvalue weighted by atomic mass is 32.1. The first-order valence-corrected chi connectivity index (χ1v) is 7.35. The standard InChI is InChI=1S/C15H16N2O3S/c1-10-8-11(15(20-2)16-9-10)17-14(19)6-5-12(18)13-4-3-7-21-13/h3-4,7-9H,5-6H2,1-2H3,(H,17,19). The molecule has 0 saturated heterocycles. The molecular formula is C15H16N2O3S. The molecule has 2 rings (SSSR count). The fraction of sp³-hybridized carbons (Fsp3) is 0.267. The molecule has 21 heavy (non-hydrogen) atoms. The molecule has 0 bridgehead atoms. The normalized spacial score (nSPS) is 10.2. The third-order valence-corrected chi connectivity index (χ3v) is 3.74. The number of methoxy groups -OCH3 is 1. The molecule has 5 nitrogen and oxygen atoms in total. The molecule has 6 heteroatoms. The zero-order chi connectivity index (χ0) is 15.2. The summed E-state index contributed by atoms with van der Waals surface area (Å²) in [7, 11) is 1.49. The lowest BCUT2D eigenvalue weighted by Crippen LogP contribution is -2.14. The van der Waals surface area contributed by atoms with Crippen molar-refractivity contribution in [3.63, 3.8) is 0 Å². The highest BCUT2D eigenvalue weighted by Gasteiger charge is 2.12. The molecule has 0 radical (unpaired) electrons. The predicted molar refractivity (Wildman–Crippen MR) is 82.0 cm³/mol. The number of ether oxygens (including phenoxy) is 1. The Hall–Kier alpha value is -2.21. The van der Waals surface area contributed by atoms with Crippen molar-refractivity contribution in [2.45, 2.75) is 19.8 Å². The second-order valence-corrected chi connectivity index (χ2v) is 5.47. The summed E-state index contributed by atoms with van der Waals surface area (Å²) in [6.07, 6.45) is 1.98. The van der Waals surface area contributed by atoms with Gasteiger partial charge in [0.25, 0.3) is 0 Å². The van der Waals surface area contributed by atoms with Crippen molar-refractivity contribution in [1.82, 2.24) is 4.98 Å². The van der Waals surface area contributed by atoms with Gasteiger partial charge in [0.15, 0.2) is 5.78 Å². The summed E-state index contributed by atoms with van der Waals surface area (Å²) in [6, 6.07) is 5.37. The van der Waals surface area contributed by atoms with Gasteiger partial charge in [0.2, 0.25) is 11.8 Å². The zero-order valence-corrected chi connectivity index (χ0v) is 12.7. The van der Waals surface area contributed by atoms with E-state index in [1.54, 1.807) is 18.3 Å². The van der Waals surface area contributed by atoms with Crippen molar-refractivity contribution in [2.24, 2.45) is 0 Å². The van der Waals surface area contributed by atoms with Gasteiger partial charge in [-0.05, 0) is 30.0 Å². The van der Waals surface area contributed by atoms with Gasteiger partial charge in [-0.2, -0.15) is 0 Å². The van der Waals surface area contributed by atoms with E-state index in [0.29, 0.717) is 16.4 Å². The Labute approximate surface area is 127 Å². The molecule has 0 aliphatic heterocycles. The second kappa shape index (κ2) is 6.99. The number of anilines is 1. The molecule has 110 valence electrons. The largest absolute Gasteiger partial charge is 0.480 e. The van der Waals surface area contributed by atoms with Crippen LogP contribution in [0.4, 0.5) is 5.69 Å². The summed E-state index contributed by atoms with van der Waals surface area (Å²) < 4.78 is 5.09. The number of hydrogen-bond donors (Lipinski definition) is 1. The molecule has 0 unspecified atom stereocenters. The molecular weight excluding hydrogens is 288 g/mol. The third-order valence-electron chi connectivity index (χ3n) is 2.83. The molecule has 0 aliphatic rings. The van der Waals surface area contributed by atoms with Crippen LogP contribution in [-0.4, -0.2) is 23.8 Å². The van der Waals surface area contributed by atoms with Crippen LogP contribution in [0.3, 0.4) is 0 Å². The smallest absolute Gasteiger partial charge is 0.237 e. The molecule has 0 aliphatic carbocycles. The monoisotopic (exact) mass is 304 g/mol. The maximum absolute atomic E-state index is 11.9. The Morgan fingerprint density at radius 2 is 2.19 bits per heavy atom. The van der Waals surface area contributed by atoms with E-state index >= 15 is 0 Å². The summed E-state index contributed by atoms with van der Waals surface area (Å²) in [6.45, 7) is 1.88. The second-order valence-electron chi connectivity index (χ2n) is 4.52. The zero-order valence-electron chi connectivity index (χ0n) is 11.9. The maximum Gasteiger partial charge on any atom is 0.237 e. The molecule has 2 aromatic heterocycles. The van der Waals surface area contributed by atoms with Gasteiger partial charge in [-0.3, -0.25) is 9.59 Å². The van der Waals surface area contributed by atoms with Crippen LogP contribution in [0, 0.1) is 6.92 Å². The predicted octanol–water partition coefficient (Wildman–Crippen LogP) is 3.06. The van der Waals surface area contributed by atoms with Gasteiger partial charge >= 0.3 is 0 Å². The minimum atomic E-state index is -0.231. The van der Waals surface area contributed by atoms with Crippen molar-refractivity contribution >= 4 is 28.7 Å². The number of rotatable bonds is 6. The van der Waals surface area contributed by atoms with Gasteiger partial charge in [-0.1, -0.05) is 6.07 Å². The van der Waals surface area contributed by atoms with E-state index in [1.165, 1.54) is 18.4 Å². The van der Waals surface area contributed by atoms with Crippen LogP contribution in [0.15, 0.2) is 29.8 Å². The number of thiophene rings is 1. The lowest BCUT2D eigenvalue weighted by Gasteiger charge is -2.09. The van der Waals surface area contributed by atoms with Gasteiger partial charge in [0.1, 0.15) is 5.69 Å². The summed E-state index contributed by atoms with van der Waals surface area (Å²) in [5.74, 6) is 0.110. The van der Waals surface area contributed by atoms with E-state index < -0.39 is 0 Å².